The average Bonchev–Trinajstić information content (AvgIpc) is 2.46. The van der Waals surface area contributed by atoms with Crippen LogP contribution in [-0.2, 0) is 9.53 Å². The maximum Gasteiger partial charge on any atom is 0.224 e. The lowest BCUT2D eigenvalue weighted by Crippen LogP contribution is -2.39. The van der Waals surface area contributed by atoms with E-state index >= 15 is 0 Å². The molecule has 1 atom stereocenters. The molecule has 1 fully saturated rings. The van der Waals surface area contributed by atoms with E-state index in [2.05, 4.69) is 43.1 Å². The van der Waals surface area contributed by atoms with Gasteiger partial charge in [0.1, 0.15) is 0 Å². The van der Waals surface area contributed by atoms with Gasteiger partial charge in [0.2, 0.25) is 5.91 Å². The Morgan fingerprint density at radius 3 is 2.59 bits per heavy atom. The molecule has 0 radical (unpaired) electrons. The summed E-state index contributed by atoms with van der Waals surface area (Å²) in [7, 11) is 1.78. The Bertz CT molecular complexity index is 491. The number of rotatable bonds is 4. The topological polar surface area (TPSA) is 41.6 Å². The first-order valence-corrected chi connectivity index (χ1v) is 8.05. The summed E-state index contributed by atoms with van der Waals surface area (Å²) >= 11 is 0. The van der Waals surface area contributed by atoms with Crippen LogP contribution < -0.4 is 10.2 Å². The van der Waals surface area contributed by atoms with Gasteiger partial charge in [0.25, 0.3) is 0 Å². The molecule has 0 aliphatic carbocycles. The largest absolute Gasteiger partial charge is 0.380 e. The maximum absolute atomic E-state index is 12.0. The van der Waals surface area contributed by atoms with E-state index < -0.39 is 0 Å². The van der Waals surface area contributed by atoms with Crippen LogP contribution >= 0.6 is 0 Å². The van der Waals surface area contributed by atoms with Gasteiger partial charge in [-0.25, -0.2) is 0 Å². The molecule has 1 saturated heterocycles. The Balaban J connectivity index is 1.94. The predicted molar refractivity (Wildman–Crippen MR) is 91.4 cm³/mol. The number of ether oxygens (including phenoxy) is 1. The number of benzene rings is 1. The van der Waals surface area contributed by atoms with Crippen molar-refractivity contribution in [3.63, 3.8) is 0 Å². The molecule has 4 nitrogen and oxygen atoms in total. The highest BCUT2D eigenvalue weighted by Crippen LogP contribution is 2.24. The van der Waals surface area contributed by atoms with Crippen molar-refractivity contribution in [1.29, 1.82) is 0 Å². The lowest BCUT2D eigenvalue weighted by atomic mass is 9.92. The number of piperidine rings is 1. The van der Waals surface area contributed by atoms with Gasteiger partial charge in [-0.1, -0.05) is 20.8 Å². The first kappa shape index (κ1) is 16.8. The summed E-state index contributed by atoms with van der Waals surface area (Å²) in [5, 5.41) is 2.97. The summed E-state index contributed by atoms with van der Waals surface area (Å²) in [5.41, 5.74) is 2.06. The summed E-state index contributed by atoms with van der Waals surface area (Å²) in [6.45, 7) is 8.20. The highest BCUT2D eigenvalue weighted by Gasteiger charge is 2.20. The van der Waals surface area contributed by atoms with Gasteiger partial charge in [-0.3, -0.25) is 4.79 Å². The minimum atomic E-state index is 0.00693. The Kier molecular flexibility index (Phi) is 5.46. The van der Waals surface area contributed by atoms with E-state index in [0.29, 0.717) is 12.5 Å². The third-order valence-corrected chi connectivity index (χ3v) is 3.92. The van der Waals surface area contributed by atoms with Crippen molar-refractivity contribution in [3.05, 3.63) is 24.3 Å². The molecular weight excluding hydrogens is 276 g/mol. The van der Waals surface area contributed by atoms with Crippen LogP contribution in [0.25, 0.3) is 0 Å². The molecular formula is C18H28N2O2. The van der Waals surface area contributed by atoms with Crippen LogP contribution in [0, 0.1) is 5.41 Å². The first-order chi connectivity index (χ1) is 10.4. The molecule has 1 amide bonds. The number of carbonyl (C=O) groups excluding carboxylic acids is 1. The molecule has 1 aliphatic heterocycles. The summed E-state index contributed by atoms with van der Waals surface area (Å²) in [5.74, 6) is 0.0673. The van der Waals surface area contributed by atoms with Crippen LogP contribution in [0.2, 0.25) is 0 Å². The quantitative estimate of drug-likeness (QED) is 0.922. The minimum Gasteiger partial charge on any atom is -0.380 e. The molecule has 1 aromatic rings. The fourth-order valence-corrected chi connectivity index (χ4v) is 2.81. The van der Waals surface area contributed by atoms with Gasteiger partial charge in [-0.05, 0) is 42.5 Å². The summed E-state index contributed by atoms with van der Waals surface area (Å²) in [6.07, 6.45) is 3.13. The number of carbonyl (C=O) groups is 1. The molecule has 2 rings (SSSR count). The molecule has 122 valence electrons. The summed E-state index contributed by atoms with van der Waals surface area (Å²) < 4.78 is 5.47. The molecule has 0 bridgehead atoms. The lowest BCUT2D eigenvalue weighted by Gasteiger charge is -2.33. The van der Waals surface area contributed by atoms with E-state index in [0.717, 1.165) is 31.6 Å². The van der Waals surface area contributed by atoms with Gasteiger partial charge in [0.15, 0.2) is 0 Å². The Morgan fingerprint density at radius 1 is 1.32 bits per heavy atom. The monoisotopic (exact) mass is 304 g/mol. The van der Waals surface area contributed by atoms with Crippen LogP contribution in [0.15, 0.2) is 24.3 Å². The number of nitrogens with one attached hydrogen (secondary N) is 1. The zero-order valence-corrected chi connectivity index (χ0v) is 14.2. The zero-order chi connectivity index (χ0) is 16.2. The van der Waals surface area contributed by atoms with Crippen molar-refractivity contribution in [2.24, 2.45) is 5.41 Å². The molecule has 22 heavy (non-hydrogen) atoms. The van der Waals surface area contributed by atoms with Crippen molar-refractivity contribution < 1.29 is 9.53 Å². The summed E-state index contributed by atoms with van der Waals surface area (Å²) in [4.78, 5) is 14.3. The van der Waals surface area contributed by atoms with Gasteiger partial charge in [-0.2, -0.15) is 0 Å². The molecule has 1 aliphatic rings. The van der Waals surface area contributed by atoms with Gasteiger partial charge in [0, 0.05) is 38.0 Å². The molecule has 0 saturated carbocycles. The smallest absolute Gasteiger partial charge is 0.224 e. The van der Waals surface area contributed by atoms with E-state index in [1.165, 1.54) is 5.69 Å². The van der Waals surface area contributed by atoms with Crippen LogP contribution in [0.3, 0.4) is 0 Å². The number of hydrogen-bond donors (Lipinski definition) is 1. The van der Waals surface area contributed by atoms with Crippen molar-refractivity contribution in [2.45, 2.75) is 46.1 Å². The van der Waals surface area contributed by atoms with Gasteiger partial charge < -0.3 is 15.0 Å². The second kappa shape index (κ2) is 7.14. The SMILES string of the molecule is COC1CCCN(c2ccc(NC(=O)CC(C)(C)C)cc2)C1. The third-order valence-electron chi connectivity index (χ3n) is 3.92. The van der Waals surface area contributed by atoms with E-state index in [1.54, 1.807) is 7.11 Å². The molecule has 4 heteroatoms. The van der Waals surface area contributed by atoms with E-state index in [9.17, 15) is 4.79 Å². The number of methoxy groups -OCH3 is 1. The fourth-order valence-electron chi connectivity index (χ4n) is 2.81. The summed E-state index contributed by atoms with van der Waals surface area (Å²) in [6, 6.07) is 8.11. The minimum absolute atomic E-state index is 0.00693. The van der Waals surface area contributed by atoms with Crippen molar-refractivity contribution in [2.75, 3.05) is 30.4 Å². The van der Waals surface area contributed by atoms with Gasteiger partial charge >= 0.3 is 0 Å². The first-order valence-electron chi connectivity index (χ1n) is 8.05. The molecule has 0 spiro atoms. The highest BCUT2D eigenvalue weighted by molar-refractivity contribution is 5.91. The molecule has 1 N–H and O–H groups in total. The van der Waals surface area contributed by atoms with Crippen LogP contribution in [0.1, 0.15) is 40.0 Å². The normalized spacial score (nSPS) is 19.1. The highest BCUT2D eigenvalue weighted by atomic mass is 16.5. The lowest BCUT2D eigenvalue weighted by molar-refractivity contribution is -0.117. The van der Waals surface area contributed by atoms with Crippen LogP contribution in [0.5, 0.6) is 0 Å². The van der Waals surface area contributed by atoms with Crippen LogP contribution in [0.4, 0.5) is 11.4 Å². The standard InChI is InChI=1S/C18H28N2O2/c1-18(2,3)12-17(21)19-14-7-9-15(10-8-14)20-11-5-6-16(13-20)22-4/h7-10,16H,5-6,11-13H2,1-4H3,(H,19,21). The molecule has 1 aromatic carbocycles. The number of anilines is 2. The molecule has 1 heterocycles. The number of nitrogens with zero attached hydrogens (tertiary/aromatic N) is 1. The van der Waals surface area contributed by atoms with Crippen molar-refractivity contribution in [1.82, 2.24) is 0 Å². The van der Waals surface area contributed by atoms with Crippen molar-refractivity contribution >= 4 is 17.3 Å². The van der Waals surface area contributed by atoms with E-state index in [1.807, 2.05) is 12.1 Å². The van der Waals surface area contributed by atoms with E-state index in [4.69, 9.17) is 4.74 Å². The van der Waals surface area contributed by atoms with Gasteiger partial charge in [0.05, 0.1) is 6.10 Å². The Morgan fingerprint density at radius 2 is 2.00 bits per heavy atom. The average molecular weight is 304 g/mol. The van der Waals surface area contributed by atoms with E-state index in [-0.39, 0.29) is 11.3 Å². The second-order valence-corrected chi connectivity index (χ2v) is 7.28. The Labute approximate surface area is 133 Å². The fraction of sp³-hybridized carbons (Fsp3) is 0.611. The maximum atomic E-state index is 12.0. The molecule has 0 aromatic heterocycles. The number of amides is 1. The van der Waals surface area contributed by atoms with Crippen LogP contribution in [-0.4, -0.2) is 32.2 Å². The van der Waals surface area contributed by atoms with Gasteiger partial charge in [-0.15, -0.1) is 0 Å². The number of hydrogen-bond acceptors (Lipinski definition) is 3. The molecule has 1 unspecified atom stereocenters. The third kappa shape index (κ3) is 5.02. The Hall–Kier alpha value is -1.55. The second-order valence-electron chi connectivity index (χ2n) is 7.28. The van der Waals surface area contributed by atoms with Crippen molar-refractivity contribution in [3.8, 4) is 0 Å². The zero-order valence-electron chi connectivity index (χ0n) is 14.2. The predicted octanol–water partition coefficient (Wildman–Crippen LogP) is 3.68.